The molecule has 138 valence electrons. The lowest BCUT2D eigenvalue weighted by molar-refractivity contribution is -0.118. The van der Waals surface area contributed by atoms with Gasteiger partial charge in [0.1, 0.15) is 0 Å². The van der Waals surface area contributed by atoms with Crippen LogP contribution >= 0.6 is 19.5 Å². The fraction of sp³-hybridized carbons (Fsp3) is 0.174. The molecule has 0 aliphatic heterocycles. The van der Waals surface area contributed by atoms with E-state index in [2.05, 4.69) is 62.4 Å². The molecule has 0 aliphatic carbocycles. The molecule has 27 heavy (non-hydrogen) atoms. The lowest BCUT2D eigenvalue weighted by Crippen LogP contribution is -2.22. The van der Waals surface area contributed by atoms with Gasteiger partial charge in [-0.15, -0.1) is 0 Å². The minimum atomic E-state index is -0.809. The first kappa shape index (κ1) is 19.6. The summed E-state index contributed by atoms with van der Waals surface area (Å²) in [4.78, 5) is 12.0. The highest BCUT2D eigenvalue weighted by atomic mass is 35.5. The first-order chi connectivity index (χ1) is 12.9. The van der Waals surface area contributed by atoms with Gasteiger partial charge in [0.15, 0.2) is 0 Å². The summed E-state index contributed by atoms with van der Waals surface area (Å²) in [5.41, 5.74) is 9.17. The Labute approximate surface area is 167 Å². The van der Waals surface area contributed by atoms with E-state index in [1.807, 2.05) is 24.3 Å². The minimum absolute atomic E-state index is 0.00151. The number of carbonyl (C=O) groups is 1. The molecule has 3 aromatic rings. The van der Waals surface area contributed by atoms with E-state index in [1.165, 1.54) is 21.7 Å². The summed E-state index contributed by atoms with van der Waals surface area (Å²) in [7, 11) is -0.809. The van der Waals surface area contributed by atoms with Crippen LogP contribution in [0.4, 0.5) is 0 Å². The Morgan fingerprint density at radius 1 is 0.926 bits per heavy atom. The highest BCUT2D eigenvalue weighted by Gasteiger charge is 2.28. The number of halogens is 1. The molecule has 0 unspecified atom stereocenters. The van der Waals surface area contributed by atoms with Crippen molar-refractivity contribution >= 4 is 36.0 Å². The Balaban J connectivity index is 2.18. The summed E-state index contributed by atoms with van der Waals surface area (Å²) in [5, 5.41) is 3.18. The molecule has 1 atom stereocenters. The summed E-state index contributed by atoms with van der Waals surface area (Å²) in [6, 6.07) is 24.9. The van der Waals surface area contributed by atoms with Gasteiger partial charge in [-0.25, -0.2) is 0 Å². The van der Waals surface area contributed by atoms with Crippen molar-refractivity contribution in [2.24, 2.45) is 5.73 Å². The van der Waals surface area contributed by atoms with Crippen molar-refractivity contribution < 1.29 is 4.79 Å². The number of carbonyl (C=O) groups excluding carboxylic acids is 1. The van der Waals surface area contributed by atoms with Crippen LogP contribution in [0, 0.1) is 13.8 Å². The summed E-state index contributed by atoms with van der Waals surface area (Å²) in [6.07, 6.45) is 0.301. The van der Waals surface area contributed by atoms with Crippen molar-refractivity contribution in [3.05, 3.63) is 94.5 Å². The topological polar surface area (TPSA) is 43.1 Å². The van der Waals surface area contributed by atoms with Crippen molar-refractivity contribution in [1.82, 2.24) is 0 Å². The van der Waals surface area contributed by atoms with Gasteiger partial charge in [0.2, 0.25) is 5.91 Å². The maximum atomic E-state index is 12.0. The third-order valence-electron chi connectivity index (χ3n) is 4.52. The van der Waals surface area contributed by atoms with Gasteiger partial charge in [0.25, 0.3) is 0 Å². The first-order valence-corrected chi connectivity index (χ1v) is 10.7. The highest BCUT2D eigenvalue weighted by molar-refractivity contribution is 7.73. The van der Waals surface area contributed by atoms with Gasteiger partial charge in [0.05, 0.1) is 0 Å². The fourth-order valence-electron chi connectivity index (χ4n) is 3.30. The molecule has 0 bridgehead atoms. The van der Waals surface area contributed by atoms with E-state index in [9.17, 15) is 4.79 Å². The number of rotatable bonds is 6. The molecule has 1 amide bonds. The van der Waals surface area contributed by atoms with Crippen molar-refractivity contribution in [2.75, 3.05) is 0 Å². The lowest BCUT2D eigenvalue weighted by Gasteiger charge is -2.29. The number of aryl methyl sites for hydroxylation is 2. The van der Waals surface area contributed by atoms with Crippen molar-refractivity contribution in [2.45, 2.75) is 25.9 Å². The maximum Gasteiger partial charge on any atom is 0.218 e. The molecule has 0 fully saturated rings. The van der Waals surface area contributed by atoms with Gasteiger partial charge in [0, 0.05) is 17.1 Å². The number of hydrogen-bond donors (Lipinski definition) is 1. The van der Waals surface area contributed by atoms with Crippen molar-refractivity contribution in [3.8, 4) is 0 Å². The molecule has 2 N–H and O–H groups in total. The third kappa shape index (κ3) is 4.97. The lowest BCUT2D eigenvalue weighted by atomic mass is 10.1. The molecule has 0 heterocycles. The van der Waals surface area contributed by atoms with Crippen LogP contribution in [0.15, 0.2) is 72.8 Å². The number of hydrogen-bond acceptors (Lipinski definition) is 1. The van der Waals surface area contributed by atoms with Crippen LogP contribution in [0.5, 0.6) is 0 Å². The largest absolute Gasteiger partial charge is 0.370 e. The molecule has 4 heteroatoms. The van der Waals surface area contributed by atoms with Crippen LogP contribution in [0.3, 0.4) is 0 Å². The number of primary amides is 1. The molecule has 3 rings (SSSR count). The maximum absolute atomic E-state index is 12.0. The van der Waals surface area contributed by atoms with Crippen LogP contribution in [0.2, 0.25) is 5.02 Å². The molecule has 0 saturated carbocycles. The van der Waals surface area contributed by atoms with E-state index in [0.717, 1.165) is 5.56 Å². The third-order valence-corrected chi connectivity index (χ3v) is 7.55. The van der Waals surface area contributed by atoms with Gasteiger partial charge in [-0.1, -0.05) is 83.4 Å². The molecule has 3 aromatic carbocycles. The summed E-state index contributed by atoms with van der Waals surface area (Å²) >= 11 is 6.09. The van der Waals surface area contributed by atoms with E-state index in [0.29, 0.717) is 11.4 Å². The van der Waals surface area contributed by atoms with Crippen LogP contribution < -0.4 is 16.3 Å². The van der Waals surface area contributed by atoms with Gasteiger partial charge in [-0.2, -0.15) is 0 Å². The van der Waals surface area contributed by atoms with E-state index < -0.39 is 7.92 Å². The van der Waals surface area contributed by atoms with Crippen molar-refractivity contribution in [3.63, 3.8) is 0 Å². The summed E-state index contributed by atoms with van der Waals surface area (Å²) in [6.45, 7) is 4.19. The van der Waals surface area contributed by atoms with E-state index in [1.54, 1.807) is 0 Å². The molecule has 0 aromatic heterocycles. The first-order valence-electron chi connectivity index (χ1n) is 8.90. The number of nitrogens with two attached hydrogens (primary N) is 1. The zero-order valence-electron chi connectivity index (χ0n) is 15.5. The average molecular weight is 396 g/mol. The van der Waals surface area contributed by atoms with E-state index in [4.69, 9.17) is 17.3 Å². The Morgan fingerprint density at radius 2 is 1.44 bits per heavy atom. The van der Waals surface area contributed by atoms with Crippen molar-refractivity contribution in [1.29, 1.82) is 0 Å². The second-order valence-corrected chi connectivity index (χ2v) is 9.62. The summed E-state index contributed by atoms with van der Waals surface area (Å²) < 4.78 is 0. The van der Waals surface area contributed by atoms with Crippen LogP contribution in [0.25, 0.3) is 0 Å². The monoisotopic (exact) mass is 395 g/mol. The van der Waals surface area contributed by atoms with Gasteiger partial charge in [-0.05, 0) is 50.1 Å². The normalized spacial score (nSPS) is 12.1. The summed E-state index contributed by atoms with van der Waals surface area (Å²) in [5.74, 6) is -0.289. The highest BCUT2D eigenvalue weighted by Crippen LogP contribution is 2.51. The van der Waals surface area contributed by atoms with E-state index >= 15 is 0 Å². The molecule has 0 saturated heterocycles. The molecular weight excluding hydrogens is 373 g/mol. The number of benzene rings is 3. The Bertz CT molecular complexity index is 894. The zero-order valence-corrected chi connectivity index (χ0v) is 17.2. The standard InChI is InChI=1S/C23H23ClNOP/c1-16-5-3-7-20(13-16)27(21-8-4-6-17(2)14-21)22(15-23(25)26)18-9-11-19(24)12-10-18/h3-14,22H,15H2,1-2H3,(H2,25,26)/t22-/m1/s1. The second-order valence-electron chi connectivity index (χ2n) is 6.79. The average Bonchev–Trinajstić information content (AvgIpc) is 2.62. The molecular formula is C23H23ClNOP. The van der Waals surface area contributed by atoms with Gasteiger partial charge >= 0.3 is 0 Å². The number of amides is 1. The Hall–Kier alpha value is -2.15. The molecule has 0 radical (unpaired) electrons. The second kappa shape index (κ2) is 8.69. The molecule has 0 aliphatic rings. The SMILES string of the molecule is Cc1cccc(P(c2cccc(C)c2)[C@H](CC(N)=O)c2ccc(Cl)cc2)c1. The zero-order chi connectivity index (χ0) is 19.4. The van der Waals surface area contributed by atoms with Gasteiger partial charge in [-0.3, -0.25) is 4.79 Å². The quantitative estimate of drug-likeness (QED) is 0.586. The van der Waals surface area contributed by atoms with Crippen LogP contribution in [0.1, 0.15) is 28.8 Å². The fourth-order valence-corrected chi connectivity index (χ4v) is 6.45. The predicted octanol–water partition coefficient (Wildman–Crippen LogP) is 5.01. The molecule has 2 nitrogen and oxygen atoms in total. The smallest absolute Gasteiger partial charge is 0.218 e. The Morgan fingerprint density at radius 3 is 1.89 bits per heavy atom. The molecule has 0 spiro atoms. The predicted molar refractivity (Wildman–Crippen MR) is 117 cm³/mol. The minimum Gasteiger partial charge on any atom is -0.370 e. The van der Waals surface area contributed by atoms with E-state index in [-0.39, 0.29) is 11.6 Å². The van der Waals surface area contributed by atoms with Gasteiger partial charge < -0.3 is 5.73 Å². The van der Waals surface area contributed by atoms with Crippen LogP contribution in [-0.4, -0.2) is 5.91 Å². The Kier molecular flexibility index (Phi) is 6.31. The van der Waals surface area contributed by atoms with Crippen LogP contribution in [-0.2, 0) is 4.79 Å².